The van der Waals surface area contributed by atoms with E-state index in [9.17, 15) is 45.0 Å². The summed E-state index contributed by atoms with van der Waals surface area (Å²) >= 11 is 0. The van der Waals surface area contributed by atoms with Gasteiger partial charge in [-0.25, -0.2) is 4.79 Å². The van der Waals surface area contributed by atoms with Crippen LogP contribution < -0.4 is 10.6 Å². The molecule has 0 aromatic carbocycles. The number of carboxylic acids is 1. The first-order chi connectivity index (χ1) is 15.9. The number of carbonyl (C=O) groups excluding carboxylic acids is 2. The summed E-state index contributed by atoms with van der Waals surface area (Å²) < 4.78 is 22.0. The van der Waals surface area contributed by atoms with Crippen LogP contribution in [-0.4, -0.2) is 129 Å². The predicted octanol–water partition coefficient (Wildman–Crippen LogP) is -4.61. The molecule has 2 saturated heterocycles. The van der Waals surface area contributed by atoms with E-state index in [1.807, 2.05) is 0 Å². The molecule has 2 heterocycles. The highest BCUT2D eigenvalue weighted by atomic mass is 16.7. The molecular formula is C19H32N2O13. The summed E-state index contributed by atoms with van der Waals surface area (Å²) in [5.74, 6) is -2.58. The van der Waals surface area contributed by atoms with E-state index in [4.69, 9.17) is 18.9 Å². The molecule has 2 rings (SSSR count). The lowest BCUT2D eigenvalue weighted by atomic mass is 9.94. The summed E-state index contributed by atoms with van der Waals surface area (Å²) in [7, 11) is 0. The van der Waals surface area contributed by atoms with Crippen molar-refractivity contribution in [3.8, 4) is 0 Å². The summed E-state index contributed by atoms with van der Waals surface area (Å²) in [6.45, 7) is 2.00. The molecule has 0 aliphatic carbocycles. The van der Waals surface area contributed by atoms with Crippen LogP contribution in [0.2, 0.25) is 0 Å². The van der Waals surface area contributed by atoms with Crippen molar-refractivity contribution in [3.63, 3.8) is 0 Å². The van der Waals surface area contributed by atoms with Gasteiger partial charge in [-0.1, -0.05) is 0 Å². The zero-order chi connectivity index (χ0) is 25.7. The average Bonchev–Trinajstić information content (AvgIpc) is 2.75. The van der Waals surface area contributed by atoms with Gasteiger partial charge in [0.05, 0.1) is 13.2 Å². The van der Waals surface area contributed by atoms with Gasteiger partial charge in [-0.2, -0.15) is 0 Å². The molecule has 11 atom stereocenters. The Hall–Kier alpha value is -1.95. The zero-order valence-corrected chi connectivity index (χ0v) is 18.8. The minimum Gasteiger partial charge on any atom is -0.479 e. The first-order valence-electron chi connectivity index (χ1n) is 10.6. The van der Waals surface area contributed by atoms with Crippen LogP contribution in [0.5, 0.6) is 0 Å². The van der Waals surface area contributed by atoms with Gasteiger partial charge in [0.2, 0.25) is 11.8 Å². The van der Waals surface area contributed by atoms with Crippen molar-refractivity contribution in [1.82, 2.24) is 10.6 Å². The monoisotopic (exact) mass is 496 g/mol. The highest BCUT2D eigenvalue weighted by molar-refractivity contribution is 5.74. The molecule has 0 radical (unpaired) electrons. The Morgan fingerprint density at radius 2 is 1.44 bits per heavy atom. The Morgan fingerprint density at radius 1 is 0.882 bits per heavy atom. The third-order valence-corrected chi connectivity index (χ3v) is 5.47. The topological polar surface area (TPSA) is 234 Å². The fraction of sp³-hybridized carbons (Fsp3) is 0.842. The number of aliphatic carboxylic acids is 1. The normalized spacial score (nSPS) is 39.2. The van der Waals surface area contributed by atoms with E-state index < -0.39 is 98.4 Å². The second kappa shape index (κ2) is 12.1. The van der Waals surface area contributed by atoms with Gasteiger partial charge in [0.1, 0.15) is 48.7 Å². The number of hydrogen-bond acceptors (Lipinski definition) is 12. The maximum atomic E-state index is 11.9. The number of hydrogen-bond donors (Lipinski definition) is 8. The minimum absolute atomic E-state index is 0.600. The van der Waals surface area contributed by atoms with Gasteiger partial charge in [0.15, 0.2) is 18.7 Å². The van der Waals surface area contributed by atoms with E-state index in [0.29, 0.717) is 0 Å². The Kier molecular flexibility index (Phi) is 10.1. The number of rotatable bonds is 9. The van der Waals surface area contributed by atoms with Crippen LogP contribution in [0.15, 0.2) is 0 Å². The predicted molar refractivity (Wildman–Crippen MR) is 108 cm³/mol. The van der Waals surface area contributed by atoms with Crippen LogP contribution >= 0.6 is 0 Å². The summed E-state index contributed by atoms with van der Waals surface area (Å²) in [6.07, 6.45) is -13.4. The van der Waals surface area contributed by atoms with Crippen molar-refractivity contribution >= 4 is 17.8 Å². The van der Waals surface area contributed by atoms with Crippen LogP contribution in [0.4, 0.5) is 0 Å². The number of ether oxygens (including phenoxy) is 4. The molecule has 196 valence electrons. The van der Waals surface area contributed by atoms with E-state index in [1.54, 1.807) is 0 Å². The number of carbonyl (C=O) groups is 3. The number of carboxylic acid groups (broad SMARTS) is 1. The lowest BCUT2D eigenvalue weighted by Crippen LogP contribution is -2.69. The molecule has 1 unspecified atom stereocenters. The molecule has 15 heteroatoms. The Labute approximate surface area is 194 Å². The average molecular weight is 496 g/mol. The van der Waals surface area contributed by atoms with Crippen molar-refractivity contribution in [3.05, 3.63) is 0 Å². The van der Waals surface area contributed by atoms with Gasteiger partial charge in [-0.3, -0.25) is 9.59 Å². The molecule has 0 spiro atoms. The van der Waals surface area contributed by atoms with Crippen LogP contribution in [-0.2, 0) is 33.3 Å². The SMILES string of the molecule is CC(=O)N[C@H]1[C@H](O[C@H]2[C@H](O)[C@@H](NC(C)=O)C(O)O[C@@H]2CO)O[C@H](CO)[C@@H](O)[C@@H]1O[C@H](C)C(=O)O. The van der Waals surface area contributed by atoms with Gasteiger partial charge < -0.3 is 60.2 Å². The van der Waals surface area contributed by atoms with Crippen LogP contribution in [0.1, 0.15) is 20.8 Å². The summed E-state index contributed by atoms with van der Waals surface area (Å²) in [6, 6.07) is -2.69. The molecule has 34 heavy (non-hydrogen) atoms. The third kappa shape index (κ3) is 6.59. The minimum atomic E-state index is -1.69. The van der Waals surface area contributed by atoms with Crippen LogP contribution in [0.25, 0.3) is 0 Å². The molecule has 8 N–H and O–H groups in total. The van der Waals surface area contributed by atoms with Gasteiger partial charge in [-0.15, -0.1) is 0 Å². The highest BCUT2D eigenvalue weighted by Crippen LogP contribution is 2.30. The van der Waals surface area contributed by atoms with Crippen molar-refractivity contribution in [2.45, 2.75) is 88.2 Å². The second-order valence-corrected chi connectivity index (χ2v) is 8.09. The smallest absolute Gasteiger partial charge is 0.332 e. The molecule has 0 aromatic heterocycles. The zero-order valence-electron chi connectivity index (χ0n) is 18.8. The van der Waals surface area contributed by atoms with Crippen LogP contribution in [0.3, 0.4) is 0 Å². The van der Waals surface area contributed by atoms with E-state index in [0.717, 1.165) is 13.8 Å². The molecule has 2 amide bonds. The first kappa shape index (κ1) is 28.3. The van der Waals surface area contributed by atoms with Gasteiger partial charge in [0.25, 0.3) is 0 Å². The van der Waals surface area contributed by atoms with E-state index >= 15 is 0 Å². The van der Waals surface area contributed by atoms with Crippen molar-refractivity contribution in [2.75, 3.05) is 13.2 Å². The van der Waals surface area contributed by atoms with Crippen molar-refractivity contribution in [1.29, 1.82) is 0 Å². The van der Waals surface area contributed by atoms with E-state index in [-0.39, 0.29) is 0 Å². The number of nitrogens with one attached hydrogen (secondary N) is 2. The molecule has 0 aromatic rings. The fourth-order valence-corrected chi connectivity index (χ4v) is 3.82. The first-order valence-corrected chi connectivity index (χ1v) is 10.6. The molecule has 2 aliphatic heterocycles. The molecule has 0 bridgehead atoms. The van der Waals surface area contributed by atoms with Crippen molar-refractivity contribution in [2.24, 2.45) is 0 Å². The fourth-order valence-electron chi connectivity index (χ4n) is 3.82. The molecule has 2 fully saturated rings. The van der Waals surface area contributed by atoms with Gasteiger partial charge in [0, 0.05) is 13.8 Å². The second-order valence-electron chi connectivity index (χ2n) is 8.09. The Bertz CT molecular complexity index is 724. The van der Waals surface area contributed by atoms with Crippen LogP contribution in [0, 0.1) is 0 Å². The molecule has 2 aliphatic rings. The third-order valence-electron chi connectivity index (χ3n) is 5.47. The van der Waals surface area contributed by atoms with Gasteiger partial charge >= 0.3 is 5.97 Å². The van der Waals surface area contributed by atoms with E-state index in [2.05, 4.69) is 10.6 Å². The molecular weight excluding hydrogens is 464 g/mol. The maximum absolute atomic E-state index is 11.9. The standard InChI is InChI=1S/C19H32N2O13/c1-6(17(28)29)31-16-12(21-8(3)25)19(33-9(4-22)13(16)26)34-15-10(5-23)32-18(30)11(14(15)27)20-7(2)24/h6,9-16,18-19,22-23,26-27,30H,4-5H2,1-3H3,(H,20,24)(H,21,25)(H,28,29)/t6-,9-,10-,11-,12-,13-,14-,15-,16-,18?,19+/m1/s1. The Morgan fingerprint density at radius 3 is 1.94 bits per heavy atom. The van der Waals surface area contributed by atoms with Crippen molar-refractivity contribution < 1.29 is 64.0 Å². The van der Waals surface area contributed by atoms with Gasteiger partial charge in [-0.05, 0) is 6.92 Å². The molecule has 0 saturated carbocycles. The number of amides is 2. The summed E-state index contributed by atoms with van der Waals surface area (Å²) in [5, 5.41) is 64.7. The Balaban J connectivity index is 2.38. The summed E-state index contributed by atoms with van der Waals surface area (Å²) in [5.41, 5.74) is 0. The number of aliphatic hydroxyl groups is 5. The summed E-state index contributed by atoms with van der Waals surface area (Å²) in [4.78, 5) is 34.6. The lowest BCUT2D eigenvalue weighted by molar-refractivity contribution is -0.331. The number of aliphatic hydroxyl groups excluding tert-OH is 5. The lowest BCUT2D eigenvalue weighted by Gasteiger charge is -2.48. The largest absolute Gasteiger partial charge is 0.479 e. The van der Waals surface area contributed by atoms with E-state index in [1.165, 1.54) is 6.92 Å². The quantitative estimate of drug-likeness (QED) is 0.150. The maximum Gasteiger partial charge on any atom is 0.332 e. The molecule has 15 nitrogen and oxygen atoms in total. The highest BCUT2D eigenvalue weighted by Gasteiger charge is 2.52.